The second-order valence-electron chi connectivity index (χ2n) is 6.99. The summed E-state index contributed by atoms with van der Waals surface area (Å²) in [5.41, 5.74) is 2.19. The Hall–Kier alpha value is -3.91. The zero-order valence-corrected chi connectivity index (χ0v) is 16.7. The number of hydrogen-bond acceptors (Lipinski definition) is 6. The lowest BCUT2D eigenvalue weighted by molar-refractivity contribution is -0.125. The van der Waals surface area contributed by atoms with Crippen molar-refractivity contribution in [1.29, 1.82) is 0 Å². The summed E-state index contributed by atoms with van der Waals surface area (Å²) in [7, 11) is 0. The van der Waals surface area contributed by atoms with E-state index in [0.29, 0.717) is 36.3 Å². The van der Waals surface area contributed by atoms with Crippen LogP contribution in [0.2, 0.25) is 0 Å². The molecular weight excluding hydrogens is 398 g/mol. The van der Waals surface area contributed by atoms with E-state index in [1.54, 1.807) is 29.2 Å². The van der Waals surface area contributed by atoms with Gasteiger partial charge in [0.15, 0.2) is 11.6 Å². The van der Waals surface area contributed by atoms with Crippen LogP contribution in [-0.2, 0) is 20.9 Å². The van der Waals surface area contributed by atoms with Crippen molar-refractivity contribution in [1.82, 2.24) is 4.98 Å². The van der Waals surface area contributed by atoms with Crippen LogP contribution in [0.15, 0.2) is 67.1 Å². The Morgan fingerprint density at radius 2 is 2.03 bits per heavy atom. The molecule has 0 bridgehead atoms. The fraction of sp³-hybridized carbons (Fsp3) is 0.174. The number of rotatable bonds is 7. The molecule has 1 aliphatic heterocycles. The van der Waals surface area contributed by atoms with Crippen LogP contribution in [0.1, 0.15) is 16.1 Å². The minimum Gasteiger partial charge on any atom is -0.476 e. The molecule has 0 spiro atoms. The summed E-state index contributed by atoms with van der Waals surface area (Å²) < 4.78 is 10.8. The number of aromatic nitrogens is 1. The number of carboxylic acids is 1. The van der Waals surface area contributed by atoms with Gasteiger partial charge in [0.2, 0.25) is 0 Å². The van der Waals surface area contributed by atoms with E-state index >= 15 is 0 Å². The van der Waals surface area contributed by atoms with E-state index in [1.165, 1.54) is 0 Å². The Bertz CT molecular complexity index is 1150. The number of morpholine rings is 1. The van der Waals surface area contributed by atoms with Gasteiger partial charge in [-0.05, 0) is 30.3 Å². The van der Waals surface area contributed by atoms with Crippen molar-refractivity contribution in [3.63, 3.8) is 0 Å². The summed E-state index contributed by atoms with van der Waals surface area (Å²) in [6.45, 7) is 5.03. The minimum atomic E-state index is -1.19. The molecule has 2 aromatic carbocycles. The lowest BCUT2D eigenvalue weighted by Gasteiger charge is -2.27. The molecule has 1 saturated heterocycles. The number of ether oxygens (including phenoxy) is 2. The third kappa shape index (κ3) is 4.65. The number of pyridine rings is 1. The summed E-state index contributed by atoms with van der Waals surface area (Å²) in [6.07, 6.45) is 0. The van der Waals surface area contributed by atoms with Crippen molar-refractivity contribution >= 4 is 34.2 Å². The van der Waals surface area contributed by atoms with Crippen LogP contribution in [0.4, 0.5) is 11.4 Å². The molecule has 1 fully saturated rings. The fourth-order valence-electron chi connectivity index (χ4n) is 3.30. The van der Waals surface area contributed by atoms with E-state index in [0.717, 1.165) is 5.56 Å². The Morgan fingerprint density at radius 1 is 1.23 bits per heavy atom. The number of aromatic carboxylic acids is 1. The minimum absolute atomic E-state index is 0.0276. The van der Waals surface area contributed by atoms with Gasteiger partial charge in [0, 0.05) is 17.6 Å². The van der Waals surface area contributed by atoms with Crippen LogP contribution in [0, 0.1) is 0 Å². The molecule has 2 heterocycles. The number of nitrogens with one attached hydrogen (secondary N) is 1. The number of carbonyl (C=O) groups is 2. The van der Waals surface area contributed by atoms with Crippen LogP contribution < -0.4 is 10.2 Å². The number of carboxylic acid groups (broad SMARTS) is 1. The Morgan fingerprint density at radius 3 is 2.77 bits per heavy atom. The second kappa shape index (κ2) is 8.85. The molecule has 3 aromatic rings. The van der Waals surface area contributed by atoms with Crippen LogP contribution in [0.3, 0.4) is 0 Å². The highest BCUT2D eigenvalue weighted by Crippen LogP contribution is 2.27. The van der Waals surface area contributed by atoms with E-state index in [2.05, 4.69) is 16.9 Å². The summed E-state index contributed by atoms with van der Waals surface area (Å²) in [4.78, 5) is 29.8. The third-order valence-electron chi connectivity index (χ3n) is 4.83. The first kappa shape index (κ1) is 20.4. The standard InChI is InChI=1S/C23H21N3O5/c1-15(31-13-16-5-3-2-4-6-16)24-20-11-17-7-8-18(26-9-10-30-14-21(26)27)12-19(17)25-22(20)23(28)29/h2-8,11-12,24H,1,9-10,13-14H2,(H,28,29). The normalized spacial score (nSPS) is 13.8. The van der Waals surface area contributed by atoms with E-state index < -0.39 is 5.97 Å². The van der Waals surface area contributed by atoms with Gasteiger partial charge in [-0.25, -0.2) is 9.78 Å². The molecular formula is C23H21N3O5. The van der Waals surface area contributed by atoms with Crippen molar-refractivity contribution in [2.75, 3.05) is 30.0 Å². The highest BCUT2D eigenvalue weighted by molar-refractivity contribution is 6.00. The first-order valence-corrected chi connectivity index (χ1v) is 9.70. The summed E-state index contributed by atoms with van der Waals surface area (Å²) in [5, 5.41) is 13.3. The summed E-state index contributed by atoms with van der Waals surface area (Å²) in [5.74, 6) is -1.12. The summed E-state index contributed by atoms with van der Waals surface area (Å²) in [6, 6.07) is 16.5. The SMILES string of the molecule is C=C(Nc1cc2ccc(N3CCOCC3=O)cc2nc1C(=O)O)OCc1ccccc1. The largest absolute Gasteiger partial charge is 0.476 e. The maximum Gasteiger partial charge on any atom is 0.356 e. The average Bonchev–Trinajstić information content (AvgIpc) is 2.78. The molecule has 158 valence electrons. The number of fused-ring (bicyclic) bond motifs is 1. The molecule has 8 heteroatoms. The van der Waals surface area contributed by atoms with E-state index in [-0.39, 0.29) is 29.8 Å². The monoisotopic (exact) mass is 419 g/mol. The zero-order valence-electron chi connectivity index (χ0n) is 16.7. The van der Waals surface area contributed by atoms with Crippen LogP contribution >= 0.6 is 0 Å². The lowest BCUT2D eigenvalue weighted by Crippen LogP contribution is -2.41. The quantitative estimate of drug-likeness (QED) is 0.566. The number of carbonyl (C=O) groups excluding carboxylic acids is 1. The van der Waals surface area contributed by atoms with Gasteiger partial charge in [-0.3, -0.25) is 4.79 Å². The van der Waals surface area contributed by atoms with Gasteiger partial charge in [-0.15, -0.1) is 0 Å². The fourth-order valence-corrected chi connectivity index (χ4v) is 3.30. The number of amides is 1. The molecule has 0 aliphatic carbocycles. The number of anilines is 2. The molecule has 1 amide bonds. The molecule has 0 unspecified atom stereocenters. The van der Waals surface area contributed by atoms with E-state index in [1.807, 2.05) is 30.3 Å². The van der Waals surface area contributed by atoms with Crippen molar-refractivity contribution in [2.45, 2.75) is 6.61 Å². The lowest BCUT2D eigenvalue weighted by atomic mass is 10.1. The van der Waals surface area contributed by atoms with Gasteiger partial charge >= 0.3 is 5.97 Å². The van der Waals surface area contributed by atoms with Gasteiger partial charge in [0.25, 0.3) is 5.91 Å². The van der Waals surface area contributed by atoms with Gasteiger partial charge in [0.05, 0.1) is 17.8 Å². The van der Waals surface area contributed by atoms with Crippen molar-refractivity contribution in [3.05, 3.63) is 78.3 Å². The Balaban J connectivity index is 1.57. The smallest absolute Gasteiger partial charge is 0.356 e. The second-order valence-corrected chi connectivity index (χ2v) is 6.99. The molecule has 2 N–H and O–H groups in total. The molecule has 8 nitrogen and oxygen atoms in total. The molecule has 0 radical (unpaired) electrons. The van der Waals surface area contributed by atoms with Gasteiger partial charge in [-0.2, -0.15) is 0 Å². The average molecular weight is 419 g/mol. The first-order valence-electron chi connectivity index (χ1n) is 9.70. The molecule has 0 atom stereocenters. The molecule has 1 aliphatic rings. The van der Waals surface area contributed by atoms with Crippen molar-refractivity contribution in [2.24, 2.45) is 0 Å². The van der Waals surface area contributed by atoms with Crippen molar-refractivity contribution < 1.29 is 24.2 Å². The molecule has 4 rings (SSSR count). The zero-order chi connectivity index (χ0) is 21.8. The van der Waals surface area contributed by atoms with Gasteiger partial charge in [0.1, 0.15) is 13.2 Å². The maximum absolute atomic E-state index is 12.1. The third-order valence-corrected chi connectivity index (χ3v) is 4.83. The number of nitrogens with zero attached hydrogens (tertiary/aromatic N) is 2. The predicted molar refractivity (Wildman–Crippen MR) is 116 cm³/mol. The van der Waals surface area contributed by atoms with Crippen LogP contribution in [0.25, 0.3) is 10.9 Å². The Labute approximate surface area is 178 Å². The van der Waals surface area contributed by atoms with Crippen LogP contribution in [0.5, 0.6) is 0 Å². The maximum atomic E-state index is 12.1. The molecule has 0 saturated carbocycles. The van der Waals surface area contributed by atoms with Gasteiger partial charge in [-0.1, -0.05) is 36.4 Å². The van der Waals surface area contributed by atoms with Crippen molar-refractivity contribution in [3.8, 4) is 0 Å². The molecule has 1 aromatic heterocycles. The highest BCUT2D eigenvalue weighted by atomic mass is 16.5. The summed E-state index contributed by atoms with van der Waals surface area (Å²) >= 11 is 0. The first-order chi connectivity index (χ1) is 15.0. The number of hydrogen-bond donors (Lipinski definition) is 2. The molecule has 31 heavy (non-hydrogen) atoms. The number of benzene rings is 2. The van der Waals surface area contributed by atoms with Gasteiger partial charge < -0.3 is 24.8 Å². The Kier molecular flexibility index (Phi) is 5.81. The van der Waals surface area contributed by atoms with Crippen LogP contribution in [-0.4, -0.2) is 41.7 Å². The predicted octanol–water partition coefficient (Wildman–Crippen LogP) is 3.40. The highest BCUT2D eigenvalue weighted by Gasteiger charge is 2.21. The van der Waals surface area contributed by atoms with E-state index in [4.69, 9.17) is 9.47 Å². The topological polar surface area (TPSA) is 101 Å². The van der Waals surface area contributed by atoms with E-state index in [9.17, 15) is 14.7 Å².